The number of halogens is 2. The third-order valence-electron chi connectivity index (χ3n) is 7.86. The van der Waals surface area contributed by atoms with E-state index in [4.69, 9.17) is 9.47 Å². The van der Waals surface area contributed by atoms with Crippen LogP contribution in [0.25, 0.3) is 22.3 Å². The number of rotatable bonds is 20. The van der Waals surface area contributed by atoms with Crippen molar-refractivity contribution in [2.75, 3.05) is 13.2 Å². The van der Waals surface area contributed by atoms with Crippen molar-refractivity contribution >= 4 is 0 Å². The van der Waals surface area contributed by atoms with Crippen LogP contribution in [0.5, 0.6) is 23.0 Å². The fraction of sp³-hybridized carbons (Fsp3) is 0.415. The minimum atomic E-state index is -2.80. The molecule has 0 spiro atoms. The van der Waals surface area contributed by atoms with Gasteiger partial charge in [0, 0.05) is 0 Å². The first-order valence-corrected chi connectivity index (χ1v) is 17.3. The third-order valence-corrected chi connectivity index (χ3v) is 7.86. The highest BCUT2D eigenvalue weighted by atomic mass is 19.3. The highest BCUT2D eigenvalue weighted by Crippen LogP contribution is 2.26. The second-order valence-electron chi connectivity index (χ2n) is 11.7. The predicted molar refractivity (Wildman–Crippen MR) is 190 cm³/mol. The Morgan fingerprint density at radius 3 is 1.13 bits per heavy atom. The molecule has 0 atom stereocenters. The van der Waals surface area contributed by atoms with Gasteiger partial charge in [-0.1, -0.05) is 127 Å². The van der Waals surface area contributed by atoms with E-state index >= 15 is 0 Å². The molecule has 4 nitrogen and oxygen atoms in total. The molecule has 0 unspecified atom stereocenters. The minimum Gasteiger partial charge on any atom is -0.508 e. The van der Waals surface area contributed by atoms with Gasteiger partial charge in [-0.3, -0.25) is 0 Å². The van der Waals surface area contributed by atoms with E-state index < -0.39 is 6.61 Å². The van der Waals surface area contributed by atoms with Gasteiger partial charge in [0.25, 0.3) is 0 Å². The van der Waals surface area contributed by atoms with E-state index in [1.807, 2.05) is 48.5 Å². The summed E-state index contributed by atoms with van der Waals surface area (Å²) in [4.78, 5) is 0. The number of benzene rings is 4. The molecule has 0 fully saturated rings. The summed E-state index contributed by atoms with van der Waals surface area (Å²) in [7, 11) is 0. The van der Waals surface area contributed by atoms with Gasteiger partial charge in [0.05, 0.1) is 13.2 Å². The average molecular weight is 647 g/mol. The lowest BCUT2D eigenvalue weighted by Gasteiger charge is -2.08. The normalized spacial score (nSPS) is 10.7. The van der Waals surface area contributed by atoms with Crippen LogP contribution in [0, 0.1) is 0 Å². The zero-order valence-electron chi connectivity index (χ0n) is 28.1. The van der Waals surface area contributed by atoms with Crippen molar-refractivity contribution in [2.24, 2.45) is 0 Å². The molecule has 0 radical (unpaired) electrons. The van der Waals surface area contributed by atoms with Crippen molar-refractivity contribution in [3.05, 3.63) is 97.1 Å². The monoisotopic (exact) mass is 646 g/mol. The lowest BCUT2D eigenvalue weighted by molar-refractivity contribution is -0.0498. The molecule has 0 saturated carbocycles. The fourth-order valence-electron chi connectivity index (χ4n) is 5.11. The van der Waals surface area contributed by atoms with Crippen molar-refractivity contribution in [3.63, 3.8) is 0 Å². The van der Waals surface area contributed by atoms with Gasteiger partial charge in [0.1, 0.15) is 23.0 Å². The Hall–Kier alpha value is -4.06. The van der Waals surface area contributed by atoms with Crippen molar-refractivity contribution in [3.8, 4) is 45.3 Å². The molecular weight excluding hydrogens is 594 g/mol. The van der Waals surface area contributed by atoms with E-state index in [0.717, 1.165) is 59.8 Å². The van der Waals surface area contributed by atoms with Crippen molar-refractivity contribution in [1.82, 2.24) is 0 Å². The minimum absolute atomic E-state index is 0.164. The quantitative estimate of drug-likeness (QED) is 0.0971. The molecule has 254 valence electrons. The van der Waals surface area contributed by atoms with E-state index in [9.17, 15) is 13.9 Å². The summed E-state index contributed by atoms with van der Waals surface area (Å²) in [5.74, 6) is 2.24. The molecule has 4 aromatic rings. The van der Waals surface area contributed by atoms with Crippen molar-refractivity contribution in [1.29, 1.82) is 0 Å². The van der Waals surface area contributed by atoms with Crippen LogP contribution in [0.15, 0.2) is 97.1 Å². The third kappa shape index (κ3) is 15.4. The van der Waals surface area contributed by atoms with Gasteiger partial charge >= 0.3 is 6.61 Å². The summed E-state index contributed by atoms with van der Waals surface area (Å²) in [5.41, 5.74) is 4.19. The van der Waals surface area contributed by atoms with Crippen molar-refractivity contribution in [2.45, 2.75) is 97.5 Å². The smallest absolute Gasteiger partial charge is 0.387 e. The number of alkyl halides is 2. The molecule has 4 rings (SSSR count). The number of unbranched alkanes of at least 4 members (excludes halogenated alkanes) is 10. The molecule has 6 heteroatoms. The molecule has 0 aliphatic heterocycles. The van der Waals surface area contributed by atoms with Gasteiger partial charge in [-0.2, -0.15) is 8.78 Å². The van der Waals surface area contributed by atoms with Crippen LogP contribution in [-0.2, 0) is 0 Å². The van der Waals surface area contributed by atoms with Gasteiger partial charge in [-0.25, -0.2) is 0 Å². The molecule has 0 aliphatic carbocycles. The van der Waals surface area contributed by atoms with Gasteiger partial charge in [-0.15, -0.1) is 0 Å². The van der Waals surface area contributed by atoms with Crippen LogP contribution in [0.2, 0.25) is 0 Å². The molecule has 4 aromatic carbocycles. The standard InChI is InChI=1S/C21H26F2O2.C20H26O2/c1-2-3-4-5-6-7-16-24-19-12-8-17(9-13-19)18-10-14-20(15-11-18)25-21(22)23;1-2-3-4-5-6-7-16-22-20-14-10-18(11-15-20)17-8-12-19(21)13-9-17/h8-15,21H,2-7,16H2,1H3;8-15,21H,2-7,16H2,1H3. The maximum Gasteiger partial charge on any atom is 0.387 e. The summed E-state index contributed by atoms with van der Waals surface area (Å²) in [6.45, 7) is 3.20. The number of hydrogen-bond donors (Lipinski definition) is 1. The van der Waals surface area contributed by atoms with Gasteiger partial charge in [0.15, 0.2) is 0 Å². The molecule has 0 aromatic heterocycles. The zero-order chi connectivity index (χ0) is 33.5. The van der Waals surface area contributed by atoms with Crippen LogP contribution in [0.1, 0.15) is 90.9 Å². The first-order valence-electron chi connectivity index (χ1n) is 17.3. The highest BCUT2D eigenvalue weighted by molar-refractivity contribution is 5.65. The fourth-order valence-corrected chi connectivity index (χ4v) is 5.11. The topological polar surface area (TPSA) is 47.9 Å². The maximum absolute atomic E-state index is 12.2. The van der Waals surface area contributed by atoms with Crippen LogP contribution < -0.4 is 14.2 Å². The number of hydrogen-bond acceptors (Lipinski definition) is 4. The molecular formula is C41H52F2O4. The second-order valence-corrected chi connectivity index (χ2v) is 11.7. The summed E-state index contributed by atoms with van der Waals surface area (Å²) in [5, 5.41) is 9.32. The molecule has 0 saturated heterocycles. The predicted octanol–water partition coefficient (Wildman–Crippen LogP) is 12.5. The van der Waals surface area contributed by atoms with Crippen LogP contribution in [0.4, 0.5) is 8.78 Å². The summed E-state index contributed by atoms with van der Waals surface area (Å²) in [6.07, 6.45) is 15.2. The van der Waals surface area contributed by atoms with Gasteiger partial charge in [-0.05, 0) is 83.6 Å². The number of phenolic OH excluding ortho intramolecular Hbond substituents is 1. The summed E-state index contributed by atoms with van der Waals surface area (Å²) < 4.78 is 40.2. The lowest BCUT2D eigenvalue weighted by atomic mass is 10.1. The Balaban J connectivity index is 0.000000257. The Bertz CT molecular complexity index is 1340. The van der Waals surface area contributed by atoms with E-state index in [1.54, 1.807) is 36.4 Å². The van der Waals surface area contributed by atoms with Crippen LogP contribution in [-0.4, -0.2) is 24.9 Å². The highest BCUT2D eigenvalue weighted by Gasteiger charge is 2.05. The average Bonchev–Trinajstić information content (AvgIpc) is 3.09. The molecule has 0 amide bonds. The van der Waals surface area contributed by atoms with E-state index in [2.05, 4.69) is 30.7 Å². The van der Waals surface area contributed by atoms with E-state index in [1.165, 1.54) is 64.2 Å². The van der Waals surface area contributed by atoms with Gasteiger partial charge < -0.3 is 19.3 Å². The SMILES string of the molecule is CCCCCCCCOc1ccc(-c2ccc(O)cc2)cc1.CCCCCCCCOc1ccc(-c2ccc(OC(F)F)cc2)cc1. The van der Waals surface area contributed by atoms with Crippen molar-refractivity contribution < 1.29 is 28.1 Å². The summed E-state index contributed by atoms with van der Waals surface area (Å²) in [6, 6.07) is 29.8. The number of phenols is 1. The maximum atomic E-state index is 12.2. The Morgan fingerprint density at radius 1 is 0.447 bits per heavy atom. The lowest BCUT2D eigenvalue weighted by Crippen LogP contribution is -2.01. The van der Waals surface area contributed by atoms with E-state index in [0.29, 0.717) is 5.75 Å². The van der Waals surface area contributed by atoms with Crippen LogP contribution >= 0.6 is 0 Å². The molecule has 0 heterocycles. The molecule has 0 bridgehead atoms. The Labute approximate surface area is 280 Å². The number of ether oxygens (including phenoxy) is 3. The first kappa shape index (κ1) is 37.4. The largest absolute Gasteiger partial charge is 0.508 e. The molecule has 0 aliphatic rings. The van der Waals surface area contributed by atoms with Crippen LogP contribution in [0.3, 0.4) is 0 Å². The Morgan fingerprint density at radius 2 is 0.766 bits per heavy atom. The zero-order valence-corrected chi connectivity index (χ0v) is 28.1. The van der Waals surface area contributed by atoms with Gasteiger partial charge in [0.2, 0.25) is 0 Å². The summed E-state index contributed by atoms with van der Waals surface area (Å²) >= 11 is 0. The van der Waals surface area contributed by atoms with E-state index in [-0.39, 0.29) is 5.75 Å². The molecule has 47 heavy (non-hydrogen) atoms. The first-order chi connectivity index (χ1) is 23.0. The Kier molecular flexibility index (Phi) is 17.9. The second kappa shape index (κ2) is 22.5. The molecule has 1 N–H and O–H groups in total. The number of aromatic hydroxyl groups is 1.